The fourth-order valence-electron chi connectivity index (χ4n) is 2.32. The van der Waals surface area contributed by atoms with Crippen molar-refractivity contribution in [3.8, 4) is 11.3 Å². The van der Waals surface area contributed by atoms with Crippen molar-refractivity contribution >= 4 is 5.65 Å². The predicted molar refractivity (Wildman–Crippen MR) is 75.5 cm³/mol. The third kappa shape index (κ3) is 1.68. The predicted octanol–water partition coefficient (Wildman–Crippen LogP) is 2.61. The molecule has 0 saturated carbocycles. The van der Waals surface area contributed by atoms with Crippen molar-refractivity contribution in [2.75, 3.05) is 0 Å². The maximum Gasteiger partial charge on any atom is 0.254 e. The molecule has 1 aromatic carbocycles. The third-order valence-electron chi connectivity index (χ3n) is 3.55. The lowest BCUT2D eigenvalue weighted by Gasteiger charge is -2.08. The van der Waals surface area contributed by atoms with Gasteiger partial charge in [-0.15, -0.1) is 0 Å². The van der Waals surface area contributed by atoms with Gasteiger partial charge in [-0.05, 0) is 20.8 Å². The Kier molecular flexibility index (Phi) is 2.52. The SMILES string of the molecule is Cc1nn2c(-c3ccccc3)c(C)c(=O)[nH]c2c1C. The first-order valence-corrected chi connectivity index (χ1v) is 6.24. The Morgan fingerprint density at radius 1 is 1.05 bits per heavy atom. The Balaban J connectivity index is 2.50. The van der Waals surface area contributed by atoms with Gasteiger partial charge in [-0.3, -0.25) is 4.79 Å². The second-order valence-electron chi connectivity index (χ2n) is 4.76. The standard InChI is InChI=1S/C15H15N3O/c1-9-11(3)17-18-13(12-7-5-4-6-8-12)10(2)15(19)16-14(9)18/h4-8H,1-3H3,(H,16,19). The summed E-state index contributed by atoms with van der Waals surface area (Å²) in [7, 11) is 0. The number of hydrogen-bond acceptors (Lipinski definition) is 2. The van der Waals surface area contributed by atoms with E-state index >= 15 is 0 Å². The molecule has 0 aliphatic rings. The average molecular weight is 253 g/mol. The average Bonchev–Trinajstić information content (AvgIpc) is 2.68. The van der Waals surface area contributed by atoms with Gasteiger partial charge in [0.15, 0.2) is 0 Å². The van der Waals surface area contributed by atoms with Gasteiger partial charge < -0.3 is 4.98 Å². The lowest BCUT2D eigenvalue weighted by atomic mass is 10.1. The van der Waals surface area contributed by atoms with E-state index in [2.05, 4.69) is 10.1 Å². The molecule has 2 heterocycles. The summed E-state index contributed by atoms with van der Waals surface area (Å²) >= 11 is 0. The molecule has 2 aromatic heterocycles. The third-order valence-corrected chi connectivity index (χ3v) is 3.55. The summed E-state index contributed by atoms with van der Waals surface area (Å²) in [5.41, 5.74) is 5.18. The first-order chi connectivity index (χ1) is 9.09. The van der Waals surface area contributed by atoms with Crippen LogP contribution in [-0.4, -0.2) is 14.6 Å². The lowest BCUT2D eigenvalue weighted by Crippen LogP contribution is -2.15. The van der Waals surface area contributed by atoms with Crippen molar-refractivity contribution in [2.24, 2.45) is 0 Å². The van der Waals surface area contributed by atoms with E-state index in [4.69, 9.17) is 0 Å². The van der Waals surface area contributed by atoms with E-state index in [0.717, 1.165) is 28.2 Å². The molecule has 0 fully saturated rings. The van der Waals surface area contributed by atoms with E-state index in [1.54, 1.807) is 0 Å². The van der Waals surface area contributed by atoms with Crippen LogP contribution in [0.3, 0.4) is 0 Å². The molecule has 1 N–H and O–H groups in total. The molecule has 0 aliphatic carbocycles. The highest BCUT2D eigenvalue weighted by Crippen LogP contribution is 2.23. The molecule has 0 atom stereocenters. The molecule has 96 valence electrons. The normalized spacial score (nSPS) is 11.1. The number of nitrogens with one attached hydrogen (secondary N) is 1. The van der Waals surface area contributed by atoms with Gasteiger partial charge in [0.05, 0.1) is 11.4 Å². The number of aromatic nitrogens is 3. The Labute approximate surface area is 110 Å². The molecule has 3 rings (SSSR count). The van der Waals surface area contributed by atoms with Crippen LogP contribution in [0, 0.1) is 20.8 Å². The molecular weight excluding hydrogens is 238 g/mol. The molecule has 0 saturated heterocycles. The molecule has 0 bridgehead atoms. The summed E-state index contributed by atoms with van der Waals surface area (Å²) < 4.78 is 1.83. The summed E-state index contributed by atoms with van der Waals surface area (Å²) in [6.07, 6.45) is 0. The minimum Gasteiger partial charge on any atom is -0.306 e. The zero-order chi connectivity index (χ0) is 13.6. The molecule has 0 unspecified atom stereocenters. The first-order valence-electron chi connectivity index (χ1n) is 6.24. The molecule has 0 radical (unpaired) electrons. The van der Waals surface area contributed by atoms with Gasteiger partial charge in [0.25, 0.3) is 5.56 Å². The highest BCUT2D eigenvalue weighted by Gasteiger charge is 2.15. The summed E-state index contributed by atoms with van der Waals surface area (Å²) in [4.78, 5) is 15.0. The number of benzene rings is 1. The minimum absolute atomic E-state index is 0.0608. The van der Waals surface area contributed by atoms with Crippen molar-refractivity contribution in [3.05, 3.63) is 57.5 Å². The van der Waals surface area contributed by atoms with Crippen molar-refractivity contribution < 1.29 is 0 Å². The van der Waals surface area contributed by atoms with Crippen LogP contribution in [-0.2, 0) is 0 Å². The highest BCUT2D eigenvalue weighted by atomic mass is 16.1. The van der Waals surface area contributed by atoms with Crippen LogP contribution in [0.2, 0.25) is 0 Å². The number of aromatic amines is 1. The van der Waals surface area contributed by atoms with E-state index in [-0.39, 0.29) is 5.56 Å². The number of aryl methyl sites for hydroxylation is 2. The number of hydrogen-bond donors (Lipinski definition) is 1. The van der Waals surface area contributed by atoms with Crippen LogP contribution in [0.1, 0.15) is 16.8 Å². The Morgan fingerprint density at radius 2 is 1.74 bits per heavy atom. The van der Waals surface area contributed by atoms with E-state index in [0.29, 0.717) is 5.56 Å². The Bertz CT molecular complexity index is 813. The smallest absolute Gasteiger partial charge is 0.254 e. The number of fused-ring (bicyclic) bond motifs is 1. The summed E-state index contributed by atoms with van der Waals surface area (Å²) in [5.74, 6) is 0. The first kappa shape index (κ1) is 11.7. The van der Waals surface area contributed by atoms with E-state index in [1.807, 2.05) is 55.6 Å². The molecule has 0 amide bonds. The minimum atomic E-state index is -0.0608. The van der Waals surface area contributed by atoms with Crippen molar-refractivity contribution in [3.63, 3.8) is 0 Å². The van der Waals surface area contributed by atoms with Crippen LogP contribution in [0.4, 0.5) is 0 Å². The van der Waals surface area contributed by atoms with Crippen LogP contribution < -0.4 is 5.56 Å². The van der Waals surface area contributed by atoms with Gasteiger partial charge in [0, 0.05) is 16.7 Å². The molecule has 3 aromatic rings. The molecule has 0 aliphatic heterocycles. The van der Waals surface area contributed by atoms with E-state index < -0.39 is 0 Å². The zero-order valence-electron chi connectivity index (χ0n) is 11.2. The van der Waals surface area contributed by atoms with Crippen LogP contribution in [0.15, 0.2) is 35.1 Å². The molecule has 19 heavy (non-hydrogen) atoms. The molecule has 0 spiro atoms. The highest BCUT2D eigenvalue weighted by molar-refractivity contribution is 5.67. The Hall–Kier alpha value is -2.36. The lowest BCUT2D eigenvalue weighted by molar-refractivity contribution is 0.907. The maximum atomic E-state index is 12.1. The zero-order valence-corrected chi connectivity index (χ0v) is 11.2. The molecule has 4 heteroatoms. The topological polar surface area (TPSA) is 50.2 Å². The maximum absolute atomic E-state index is 12.1. The van der Waals surface area contributed by atoms with Gasteiger partial charge in [-0.1, -0.05) is 30.3 Å². The Morgan fingerprint density at radius 3 is 2.42 bits per heavy atom. The van der Waals surface area contributed by atoms with Gasteiger partial charge in [0.2, 0.25) is 0 Å². The largest absolute Gasteiger partial charge is 0.306 e. The number of H-pyrrole nitrogens is 1. The monoisotopic (exact) mass is 253 g/mol. The quantitative estimate of drug-likeness (QED) is 0.724. The van der Waals surface area contributed by atoms with Gasteiger partial charge in [-0.2, -0.15) is 5.10 Å². The summed E-state index contributed by atoms with van der Waals surface area (Å²) in [5, 5.41) is 4.54. The van der Waals surface area contributed by atoms with E-state index in [9.17, 15) is 4.79 Å². The summed E-state index contributed by atoms with van der Waals surface area (Å²) in [6.45, 7) is 5.75. The number of nitrogens with zero attached hydrogens (tertiary/aromatic N) is 2. The van der Waals surface area contributed by atoms with Crippen LogP contribution in [0.25, 0.3) is 16.9 Å². The van der Waals surface area contributed by atoms with Crippen molar-refractivity contribution in [1.82, 2.24) is 14.6 Å². The van der Waals surface area contributed by atoms with Gasteiger partial charge in [-0.25, -0.2) is 4.52 Å². The van der Waals surface area contributed by atoms with Gasteiger partial charge in [0.1, 0.15) is 5.65 Å². The fraction of sp³-hybridized carbons (Fsp3) is 0.200. The summed E-state index contributed by atoms with van der Waals surface area (Å²) in [6, 6.07) is 9.87. The van der Waals surface area contributed by atoms with E-state index in [1.165, 1.54) is 0 Å². The second kappa shape index (κ2) is 4.09. The van der Waals surface area contributed by atoms with Gasteiger partial charge >= 0.3 is 0 Å². The van der Waals surface area contributed by atoms with Crippen molar-refractivity contribution in [2.45, 2.75) is 20.8 Å². The van der Waals surface area contributed by atoms with Crippen LogP contribution >= 0.6 is 0 Å². The second-order valence-corrected chi connectivity index (χ2v) is 4.76. The fourth-order valence-corrected chi connectivity index (χ4v) is 2.32. The van der Waals surface area contributed by atoms with Crippen LogP contribution in [0.5, 0.6) is 0 Å². The molecular formula is C15H15N3O. The molecule has 4 nitrogen and oxygen atoms in total. The van der Waals surface area contributed by atoms with Crippen molar-refractivity contribution in [1.29, 1.82) is 0 Å². The number of rotatable bonds is 1.